The van der Waals surface area contributed by atoms with E-state index in [1.54, 1.807) is 6.33 Å². The molecule has 0 aliphatic carbocycles. The first-order valence-corrected chi connectivity index (χ1v) is 5.23. The van der Waals surface area contributed by atoms with Crippen molar-refractivity contribution in [3.05, 3.63) is 42.5 Å². The summed E-state index contributed by atoms with van der Waals surface area (Å²) in [5, 5.41) is 0. The van der Waals surface area contributed by atoms with Crippen molar-refractivity contribution in [2.75, 3.05) is 13.2 Å². The molecule has 1 heterocycles. The molecule has 0 aliphatic rings. The van der Waals surface area contributed by atoms with Crippen molar-refractivity contribution in [1.82, 2.24) is 9.55 Å². The van der Waals surface area contributed by atoms with E-state index in [4.69, 9.17) is 10.5 Å². The molecule has 84 valence electrons. The summed E-state index contributed by atoms with van der Waals surface area (Å²) in [6, 6.07) is 7.85. The molecule has 0 aliphatic heterocycles. The van der Waals surface area contributed by atoms with Gasteiger partial charge in [0.05, 0.1) is 12.0 Å². The maximum Gasteiger partial charge on any atom is 0.119 e. The van der Waals surface area contributed by atoms with E-state index in [-0.39, 0.29) is 0 Å². The topological polar surface area (TPSA) is 53.1 Å². The van der Waals surface area contributed by atoms with Crippen LogP contribution in [0.15, 0.2) is 36.8 Å². The summed E-state index contributed by atoms with van der Waals surface area (Å²) in [7, 11) is 0. The summed E-state index contributed by atoms with van der Waals surface area (Å²) in [6.07, 6.45) is 3.78. The molecule has 1 aromatic carbocycles. The van der Waals surface area contributed by atoms with E-state index >= 15 is 0 Å². The summed E-state index contributed by atoms with van der Waals surface area (Å²) in [6.45, 7) is 3.04. The Morgan fingerprint density at radius 2 is 2.06 bits per heavy atom. The first kappa shape index (κ1) is 10.7. The number of ether oxygens (including phenoxy) is 1. The number of benzene rings is 1. The quantitative estimate of drug-likeness (QED) is 0.844. The van der Waals surface area contributed by atoms with E-state index in [1.165, 1.54) is 0 Å². The number of hydrogen-bond acceptors (Lipinski definition) is 3. The lowest BCUT2D eigenvalue weighted by Crippen LogP contribution is -2.10. The van der Waals surface area contributed by atoms with Gasteiger partial charge in [0.15, 0.2) is 0 Å². The van der Waals surface area contributed by atoms with Gasteiger partial charge < -0.3 is 15.0 Å². The molecular formula is C12H15N3O. The molecule has 2 rings (SSSR count). The molecule has 4 nitrogen and oxygen atoms in total. The zero-order chi connectivity index (χ0) is 11.4. The Morgan fingerprint density at radius 3 is 2.62 bits per heavy atom. The molecule has 2 aromatic rings. The fourth-order valence-electron chi connectivity index (χ4n) is 1.45. The molecule has 2 N–H and O–H groups in total. The van der Waals surface area contributed by atoms with Crippen LogP contribution < -0.4 is 10.5 Å². The van der Waals surface area contributed by atoms with Crippen LogP contribution in [0.4, 0.5) is 0 Å². The smallest absolute Gasteiger partial charge is 0.119 e. The van der Waals surface area contributed by atoms with Gasteiger partial charge in [-0.05, 0) is 31.2 Å². The fourth-order valence-corrected chi connectivity index (χ4v) is 1.45. The molecular weight excluding hydrogens is 202 g/mol. The van der Waals surface area contributed by atoms with Crippen LogP contribution in [0.1, 0.15) is 5.69 Å². The molecule has 4 heteroatoms. The van der Waals surface area contributed by atoms with E-state index in [0.29, 0.717) is 13.2 Å². The minimum Gasteiger partial charge on any atom is -0.492 e. The van der Waals surface area contributed by atoms with Crippen molar-refractivity contribution >= 4 is 0 Å². The largest absolute Gasteiger partial charge is 0.492 e. The Balaban J connectivity index is 2.13. The van der Waals surface area contributed by atoms with Crippen LogP contribution >= 0.6 is 0 Å². The average molecular weight is 217 g/mol. The molecule has 16 heavy (non-hydrogen) atoms. The van der Waals surface area contributed by atoms with Crippen LogP contribution in [0.25, 0.3) is 5.69 Å². The molecule has 1 aromatic heterocycles. The van der Waals surface area contributed by atoms with Crippen molar-refractivity contribution in [3.63, 3.8) is 0 Å². The Hall–Kier alpha value is -1.81. The third-order valence-corrected chi connectivity index (χ3v) is 2.23. The molecule has 0 spiro atoms. The molecule has 0 radical (unpaired) electrons. The molecule has 0 saturated carbocycles. The number of aryl methyl sites for hydroxylation is 1. The Labute approximate surface area is 94.7 Å². The number of rotatable bonds is 4. The van der Waals surface area contributed by atoms with Crippen LogP contribution in [0.5, 0.6) is 5.75 Å². The van der Waals surface area contributed by atoms with Gasteiger partial charge in [0.2, 0.25) is 0 Å². The third-order valence-electron chi connectivity index (χ3n) is 2.23. The van der Waals surface area contributed by atoms with Gasteiger partial charge in [-0.2, -0.15) is 0 Å². The van der Waals surface area contributed by atoms with Gasteiger partial charge in [0, 0.05) is 18.4 Å². The molecule has 0 amide bonds. The van der Waals surface area contributed by atoms with E-state index in [0.717, 1.165) is 17.1 Å². The van der Waals surface area contributed by atoms with E-state index in [9.17, 15) is 0 Å². The number of imidazole rings is 1. The minimum atomic E-state index is 0.530. The second-order valence-corrected chi connectivity index (χ2v) is 3.55. The van der Waals surface area contributed by atoms with Crippen LogP contribution in [0, 0.1) is 6.92 Å². The molecule has 0 fully saturated rings. The highest BCUT2D eigenvalue weighted by molar-refractivity contribution is 5.37. The summed E-state index contributed by atoms with van der Waals surface area (Å²) in [4.78, 5) is 4.18. The SMILES string of the molecule is Cc1cn(-c2ccc(OCCN)cc2)cn1. The second-order valence-electron chi connectivity index (χ2n) is 3.55. The van der Waals surface area contributed by atoms with E-state index in [2.05, 4.69) is 4.98 Å². The summed E-state index contributed by atoms with van der Waals surface area (Å²) in [5.41, 5.74) is 7.44. The fraction of sp³-hybridized carbons (Fsp3) is 0.250. The Morgan fingerprint density at radius 1 is 1.31 bits per heavy atom. The average Bonchev–Trinajstić information content (AvgIpc) is 2.74. The van der Waals surface area contributed by atoms with Gasteiger partial charge in [-0.25, -0.2) is 4.98 Å². The zero-order valence-corrected chi connectivity index (χ0v) is 9.26. The first-order chi connectivity index (χ1) is 7.79. The number of nitrogens with zero attached hydrogens (tertiary/aromatic N) is 2. The highest BCUT2D eigenvalue weighted by Crippen LogP contribution is 2.15. The predicted octanol–water partition coefficient (Wildman–Crippen LogP) is 1.52. The molecule has 0 saturated heterocycles. The van der Waals surface area contributed by atoms with Crippen molar-refractivity contribution < 1.29 is 4.74 Å². The lowest BCUT2D eigenvalue weighted by atomic mass is 10.3. The normalized spacial score (nSPS) is 10.4. The second kappa shape index (κ2) is 4.81. The van der Waals surface area contributed by atoms with Gasteiger partial charge in [-0.3, -0.25) is 0 Å². The number of nitrogens with two attached hydrogens (primary N) is 1. The van der Waals surface area contributed by atoms with Gasteiger partial charge in [-0.1, -0.05) is 0 Å². The molecule has 0 bridgehead atoms. The highest BCUT2D eigenvalue weighted by atomic mass is 16.5. The number of hydrogen-bond donors (Lipinski definition) is 1. The predicted molar refractivity (Wildman–Crippen MR) is 62.9 cm³/mol. The molecule has 0 atom stereocenters. The Bertz CT molecular complexity index is 448. The van der Waals surface area contributed by atoms with Crippen LogP contribution in [0.2, 0.25) is 0 Å². The van der Waals surface area contributed by atoms with Crippen molar-refractivity contribution in [2.45, 2.75) is 6.92 Å². The molecule has 0 unspecified atom stereocenters. The zero-order valence-electron chi connectivity index (χ0n) is 9.26. The third kappa shape index (κ3) is 2.41. The standard InChI is InChI=1S/C12H15N3O/c1-10-8-15(9-14-10)11-2-4-12(5-3-11)16-7-6-13/h2-5,8-9H,6-7,13H2,1H3. The van der Waals surface area contributed by atoms with Crippen LogP contribution in [-0.2, 0) is 0 Å². The van der Waals surface area contributed by atoms with E-state index < -0.39 is 0 Å². The van der Waals surface area contributed by atoms with E-state index in [1.807, 2.05) is 42.0 Å². The lowest BCUT2D eigenvalue weighted by molar-refractivity contribution is 0.328. The summed E-state index contributed by atoms with van der Waals surface area (Å²) in [5.74, 6) is 0.839. The maximum absolute atomic E-state index is 5.40. The van der Waals surface area contributed by atoms with Gasteiger partial charge in [-0.15, -0.1) is 0 Å². The lowest BCUT2D eigenvalue weighted by Gasteiger charge is -2.06. The van der Waals surface area contributed by atoms with Gasteiger partial charge in [0.1, 0.15) is 12.4 Å². The summed E-state index contributed by atoms with van der Waals surface area (Å²) >= 11 is 0. The van der Waals surface area contributed by atoms with Crippen molar-refractivity contribution in [1.29, 1.82) is 0 Å². The summed E-state index contributed by atoms with van der Waals surface area (Å²) < 4.78 is 7.38. The van der Waals surface area contributed by atoms with Gasteiger partial charge >= 0.3 is 0 Å². The van der Waals surface area contributed by atoms with Crippen LogP contribution in [-0.4, -0.2) is 22.7 Å². The van der Waals surface area contributed by atoms with Crippen molar-refractivity contribution in [3.8, 4) is 11.4 Å². The maximum atomic E-state index is 5.40. The van der Waals surface area contributed by atoms with Gasteiger partial charge in [0.25, 0.3) is 0 Å². The number of aromatic nitrogens is 2. The minimum absolute atomic E-state index is 0.530. The first-order valence-electron chi connectivity index (χ1n) is 5.23. The highest BCUT2D eigenvalue weighted by Gasteiger charge is 1.98. The Kier molecular flexibility index (Phi) is 3.22. The monoisotopic (exact) mass is 217 g/mol. The van der Waals surface area contributed by atoms with Crippen molar-refractivity contribution in [2.24, 2.45) is 5.73 Å². The van der Waals surface area contributed by atoms with Crippen LogP contribution in [0.3, 0.4) is 0 Å².